The molecule has 0 aliphatic heterocycles. The molecule has 0 amide bonds. The fourth-order valence-corrected chi connectivity index (χ4v) is 3.01. The minimum atomic E-state index is 0.527. The number of nitrogens with zero attached hydrogens (tertiary/aromatic N) is 2. The van der Waals surface area contributed by atoms with E-state index in [-0.39, 0.29) is 0 Å². The van der Waals surface area contributed by atoms with Gasteiger partial charge in [-0.2, -0.15) is 0 Å². The fraction of sp³-hybridized carbons (Fsp3) is 0.933. The van der Waals surface area contributed by atoms with E-state index < -0.39 is 0 Å². The Labute approximate surface area is 106 Å². The van der Waals surface area contributed by atoms with Crippen LogP contribution in [-0.4, -0.2) is 18.6 Å². The molecule has 0 aromatic carbocycles. The summed E-state index contributed by atoms with van der Waals surface area (Å²) in [4.78, 5) is 8.86. The SMILES string of the molecule is CC1CCC(CN=C=NC2CCCCC2)CC1. The molecule has 0 heterocycles. The van der Waals surface area contributed by atoms with E-state index in [0.29, 0.717) is 6.04 Å². The van der Waals surface area contributed by atoms with Gasteiger partial charge >= 0.3 is 0 Å². The van der Waals surface area contributed by atoms with E-state index in [0.717, 1.165) is 18.4 Å². The quantitative estimate of drug-likeness (QED) is 0.650. The van der Waals surface area contributed by atoms with Crippen molar-refractivity contribution in [2.45, 2.75) is 70.8 Å². The largest absolute Gasteiger partial charge is 0.225 e. The standard InChI is InChI=1S/C15H26N2/c1-13-7-9-14(10-8-13)11-16-12-17-15-5-3-2-4-6-15/h13-15H,2-11H2,1H3. The van der Waals surface area contributed by atoms with Crippen molar-refractivity contribution in [3.8, 4) is 0 Å². The summed E-state index contributed by atoms with van der Waals surface area (Å²) in [5, 5.41) is 0. The third-order valence-electron chi connectivity index (χ3n) is 4.37. The molecule has 17 heavy (non-hydrogen) atoms. The molecular weight excluding hydrogens is 208 g/mol. The van der Waals surface area contributed by atoms with Gasteiger partial charge in [-0.3, -0.25) is 0 Å². The summed E-state index contributed by atoms with van der Waals surface area (Å²) in [6, 6.07) is 3.49. The Morgan fingerprint density at radius 2 is 1.65 bits per heavy atom. The molecule has 2 nitrogen and oxygen atoms in total. The second-order valence-electron chi connectivity index (χ2n) is 5.99. The minimum absolute atomic E-state index is 0.527. The third kappa shape index (κ3) is 4.63. The fourth-order valence-electron chi connectivity index (χ4n) is 3.01. The Hall–Kier alpha value is -0.620. The highest BCUT2D eigenvalue weighted by molar-refractivity contribution is 5.41. The van der Waals surface area contributed by atoms with Gasteiger partial charge in [-0.25, -0.2) is 9.98 Å². The minimum Gasteiger partial charge on any atom is -0.225 e. The average Bonchev–Trinajstić information content (AvgIpc) is 2.38. The Morgan fingerprint density at radius 1 is 0.941 bits per heavy atom. The zero-order chi connectivity index (χ0) is 11.9. The first-order chi connectivity index (χ1) is 8.34. The van der Waals surface area contributed by atoms with Crippen LogP contribution in [0, 0.1) is 11.8 Å². The zero-order valence-corrected chi connectivity index (χ0v) is 11.2. The maximum Gasteiger partial charge on any atom is 0.0895 e. The summed E-state index contributed by atoms with van der Waals surface area (Å²) in [6.45, 7) is 3.33. The second-order valence-corrected chi connectivity index (χ2v) is 5.99. The average molecular weight is 234 g/mol. The van der Waals surface area contributed by atoms with Crippen molar-refractivity contribution in [1.82, 2.24) is 0 Å². The van der Waals surface area contributed by atoms with Crippen molar-refractivity contribution < 1.29 is 0 Å². The van der Waals surface area contributed by atoms with Crippen LogP contribution in [-0.2, 0) is 0 Å². The summed E-state index contributed by atoms with van der Waals surface area (Å²) in [7, 11) is 0. The van der Waals surface area contributed by atoms with Gasteiger partial charge in [-0.15, -0.1) is 0 Å². The Balaban J connectivity index is 1.67. The lowest BCUT2D eigenvalue weighted by Crippen LogP contribution is -2.14. The number of aliphatic imine (C=N–C) groups is 2. The molecule has 0 N–H and O–H groups in total. The number of hydrogen-bond donors (Lipinski definition) is 0. The van der Waals surface area contributed by atoms with Gasteiger partial charge in [-0.1, -0.05) is 39.0 Å². The van der Waals surface area contributed by atoms with Crippen molar-refractivity contribution >= 4 is 6.01 Å². The molecule has 2 rings (SSSR count). The molecule has 0 bridgehead atoms. The van der Waals surface area contributed by atoms with Crippen LogP contribution in [0.15, 0.2) is 9.98 Å². The predicted octanol–water partition coefficient (Wildman–Crippen LogP) is 4.32. The van der Waals surface area contributed by atoms with Crippen LogP contribution in [0.5, 0.6) is 0 Å². The highest BCUT2D eigenvalue weighted by Crippen LogP contribution is 2.28. The molecule has 2 heteroatoms. The lowest BCUT2D eigenvalue weighted by Gasteiger charge is -2.24. The molecule has 0 unspecified atom stereocenters. The monoisotopic (exact) mass is 234 g/mol. The van der Waals surface area contributed by atoms with E-state index in [1.165, 1.54) is 57.8 Å². The zero-order valence-electron chi connectivity index (χ0n) is 11.2. The number of hydrogen-bond acceptors (Lipinski definition) is 2. The van der Waals surface area contributed by atoms with Crippen LogP contribution in [0.1, 0.15) is 64.7 Å². The van der Waals surface area contributed by atoms with Gasteiger partial charge in [0.05, 0.1) is 18.6 Å². The van der Waals surface area contributed by atoms with Gasteiger partial charge in [0.2, 0.25) is 0 Å². The first kappa shape index (κ1) is 12.8. The molecule has 0 aromatic rings. The second kappa shape index (κ2) is 6.96. The molecule has 0 spiro atoms. The Bertz CT molecular complexity index is 265. The first-order valence-corrected chi connectivity index (χ1v) is 7.46. The highest BCUT2D eigenvalue weighted by atomic mass is 14.8. The van der Waals surface area contributed by atoms with Crippen molar-refractivity contribution in [2.24, 2.45) is 21.8 Å². The molecule has 2 saturated carbocycles. The van der Waals surface area contributed by atoms with Gasteiger partial charge in [0.25, 0.3) is 0 Å². The van der Waals surface area contributed by atoms with Gasteiger partial charge in [-0.05, 0) is 37.5 Å². The van der Waals surface area contributed by atoms with Gasteiger partial charge < -0.3 is 0 Å². The maximum absolute atomic E-state index is 4.47. The van der Waals surface area contributed by atoms with Crippen LogP contribution in [0.3, 0.4) is 0 Å². The Kier molecular flexibility index (Phi) is 5.25. The smallest absolute Gasteiger partial charge is 0.0895 e. The van der Waals surface area contributed by atoms with Crippen LogP contribution in [0.4, 0.5) is 0 Å². The summed E-state index contributed by atoms with van der Waals surface area (Å²) in [5.74, 6) is 1.74. The van der Waals surface area contributed by atoms with E-state index in [4.69, 9.17) is 0 Å². The maximum atomic E-state index is 4.47. The molecule has 0 saturated heterocycles. The lowest BCUT2D eigenvalue weighted by atomic mass is 9.83. The molecule has 2 aliphatic carbocycles. The molecule has 0 aromatic heterocycles. The van der Waals surface area contributed by atoms with Crippen molar-refractivity contribution in [3.63, 3.8) is 0 Å². The summed E-state index contributed by atoms with van der Waals surface area (Å²) in [6.07, 6.45) is 12.1. The van der Waals surface area contributed by atoms with E-state index >= 15 is 0 Å². The van der Waals surface area contributed by atoms with E-state index in [9.17, 15) is 0 Å². The summed E-state index contributed by atoms with van der Waals surface area (Å²) >= 11 is 0. The van der Waals surface area contributed by atoms with Gasteiger partial charge in [0.1, 0.15) is 0 Å². The van der Waals surface area contributed by atoms with E-state index in [2.05, 4.69) is 22.9 Å². The van der Waals surface area contributed by atoms with Crippen LogP contribution < -0.4 is 0 Å². The highest BCUT2D eigenvalue weighted by Gasteiger charge is 2.17. The van der Waals surface area contributed by atoms with Crippen LogP contribution in [0.25, 0.3) is 0 Å². The molecular formula is C15H26N2. The van der Waals surface area contributed by atoms with Gasteiger partial charge in [0.15, 0.2) is 0 Å². The van der Waals surface area contributed by atoms with Crippen molar-refractivity contribution in [3.05, 3.63) is 0 Å². The Morgan fingerprint density at radius 3 is 2.35 bits per heavy atom. The van der Waals surface area contributed by atoms with E-state index in [1.54, 1.807) is 0 Å². The normalized spacial score (nSPS) is 30.6. The predicted molar refractivity (Wildman–Crippen MR) is 72.7 cm³/mol. The summed E-state index contributed by atoms with van der Waals surface area (Å²) in [5.41, 5.74) is 0. The van der Waals surface area contributed by atoms with E-state index in [1.807, 2.05) is 0 Å². The number of rotatable bonds is 3. The molecule has 2 aliphatic rings. The molecule has 0 atom stereocenters. The van der Waals surface area contributed by atoms with Gasteiger partial charge in [0, 0.05) is 0 Å². The molecule has 96 valence electrons. The summed E-state index contributed by atoms with van der Waals surface area (Å²) < 4.78 is 0. The first-order valence-electron chi connectivity index (χ1n) is 7.46. The lowest BCUT2D eigenvalue weighted by molar-refractivity contribution is 0.296. The van der Waals surface area contributed by atoms with Crippen LogP contribution in [0.2, 0.25) is 0 Å². The topological polar surface area (TPSA) is 24.7 Å². The van der Waals surface area contributed by atoms with Crippen LogP contribution >= 0.6 is 0 Å². The molecule has 2 fully saturated rings. The van der Waals surface area contributed by atoms with Crippen molar-refractivity contribution in [1.29, 1.82) is 0 Å². The molecule has 0 radical (unpaired) electrons. The van der Waals surface area contributed by atoms with Crippen molar-refractivity contribution in [2.75, 3.05) is 6.54 Å². The third-order valence-corrected chi connectivity index (χ3v) is 4.37.